The van der Waals surface area contributed by atoms with Crippen LogP contribution in [-0.4, -0.2) is 41.1 Å². The molecule has 1 aromatic rings. The summed E-state index contributed by atoms with van der Waals surface area (Å²) in [4.78, 5) is 4.13. The van der Waals surface area contributed by atoms with Gasteiger partial charge < -0.3 is 5.32 Å². The normalized spacial score (nSPS) is 24.5. The van der Waals surface area contributed by atoms with Crippen molar-refractivity contribution in [1.29, 1.82) is 0 Å². The molecule has 0 aromatic carbocycles. The van der Waals surface area contributed by atoms with Gasteiger partial charge in [0.05, 0.1) is 18.1 Å². The van der Waals surface area contributed by atoms with Crippen molar-refractivity contribution in [3.63, 3.8) is 0 Å². The monoisotopic (exact) mass is 230 g/mol. The molecule has 0 saturated carbocycles. The Morgan fingerprint density at radius 1 is 1.60 bits per heavy atom. The lowest BCUT2D eigenvalue weighted by Crippen LogP contribution is -2.29. The van der Waals surface area contributed by atoms with Gasteiger partial charge in [0, 0.05) is 6.04 Å². The van der Waals surface area contributed by atoms with Gasteiger partial charge in [-0.2, -0.15) is 5.10 Å². The zero-order chi connectivity index (χ0) is 10.9. The molecule has 0 bridgehead atoms. The van der Waals surface area contributed by atoms with Gasteiger partial charge in [-0.3, -0.25) is 5.10 Å². The fourth-order valence-electron chi connectivity index (χ4n) is 1.66. The second kappa shape index (κ2) is 3.90. The molecule has 1 saturated heterocycles. The number of hydrogen-bond donors (Lipinski definition) is 2. The lowest BCUT2D eigenvalue weighted by atomic mass is 10.2. The molecule has 1 atom stereocenters. The van der Waals surface area contributed by atoms with Gasteiger partial charge in [-0.25, -0.2) is 13.4 Å². The summed E-state index contributed by atoms with van der Waals surface area (Å²) in [6.45, 7) is 2.35. The van der Waals surface area contributed by atoms with E-state index in [0.29, 0.717) is 18.8 Å². The zero-order valence-electron chi connectivity index (χ0n) is 8.52. The average Bonchev–Trinajstić information content (AvgIpc) is 2.69. The number of aromatic nitrogens is 3. The maximum atomic E-state index is 11.2. The SMILES string of the molecule is Cc1nc(CNC2CCS(=O)(=O)C2)n[nH]1. The largest absolute Gasteiger partial charge is 0.306 e. The minimum Gasteiger partial charge on any atom is -0.306 e. The standard InChI is InChI=1S/C8H14N4O2S/c1-6-10-8(12-11-6)4-9-7-2-3-15(13,14)5-7/h7,9H,2-5H2,1H3,(H,10,11,12). The van der Waals surface area contributed by atoms with Crippen molar-refractivity contribution in [1.82, 2.24) is 20.5 Å². The number of nitrogens with zero attached hydrogens (tertiary/aromatic N) is 2. The van der Waals surface area contributed by atoms with Crippen LogP contribution in [0.1, 0.15) is 18.1 Å². The van der Waals surface area contributed by atoms with Crippen molar-refractivity contribution in [2.75, 3.05) is 11.5 Å². The van der Waals surface area contributed by atoms with Gasteiger partial charge in [-0.05, 0) is 13.3 Å². The molecule has 2 N–H and O–H groups in total. The molecule has 0 spiro atoms. The van der Waals surface area contributed by atoms with Crippen molar-refractivity contribution in [3.05, 3.63) is 11.6 Å². The highest BCUT2D eigenvalue weighted by molar-refractivity contribution is 7.91. The first kappa shape index (κ1) is 10.6. The van der Waals surface area contributed by atoms with E-state index in [1.54, 1.807) is 0 Å². The summed E-state index contributed by atoms with van der Waals surface area (Å²) in [5, 5.41) is 9.85. The minimum absolute atomic E-state index is 0.0498. The molecule has 2 heterocycles. The van der Waals surface area contributed by atoms with Gasteiger partial charge >= 0.3 is 0 Å². The van der Waals surface area contributed by atoms with Crippen molar-refractivity contribution >= 4 is 9.84 Å². The van der Waals surface area contributed by atoms with E-state index in [9.17, 15) is 8.42 Å². The molecule has 0 aliphatic carbocycles. The molecular weight excluding hydrogens is 216 g/mol. The van der Waals surface area contributed by atoms with Crippen LogP contribution in [0, 0.1) is 6.92 Å². The zero-order valence-corrected chi connectivity index (χ0v) is 9.34. The van der Waals surface area contributed by atoms with Crippen molar-refractivity contribution in [3.8, 4) is 0 Å². The molecule has 0 amide bonds. The summed E-state index contributed by atoms with van der Waals surface area (Å²) in [5.41, 5.74) is 0. The van der Waals surface area contributed by atoms with Crippen LogP contribution in [0.25, 0.3) is 0 Å². The van der Waals surface area contributed by atoms with E-state index in [-0.39, 0.29) is 17.5 Å². The molecule has 1 unspecified atom stereocenters. The Hall–Kier alpha value is -0.950. The third-order valence-corrected chi connectivity index (χ3v) is 4.19. The van der Waals surface area contributed by atoms with Gasteiger partial charge in [0.1, 0.15) is 5.82 Å². The molecule has 2 rings (SSSR count). The molecule has 0 radical (unpaired) electrons. The van der Waals surface area contributed by atoms with Gasteiger partial charge in [0.15, 0.2) is 15.7 Å². The molecule has 1 aliphatic heterocycles. The third kappa shape index (κ3) is 2.75. The first-order valence-electron chi connectivity index (χ1n) is 4.87. The quantitative estimate of drug-likeness (QED) is 0.723. The van der Waals surface area contributed by atoms with Crippen LogP contribution in [0.4, 0.5) is 0 Å². The predicted octanol–water partition coefficient (Wildman–Crippen LogP) is -0.610. The Balaban J connectivity index is 1.85. The predicted molar refractivity (Wildman–Crippen MR) is 55.0 cm³/mol. The fourth-order valence-corrected chi connectivity index (χ4v) is 3.37. The van der Waals surface area contributed by atoms with E-state index in [1.165, 1.54) is 0 Å². The van der Waals surface area contributed by atoms with Crippen molar-refractivity contribution in [2.45, 2.75) is 25.9 Å². The number of rotatable bonds is 3. The summed E-state index contributed by atoms with van der Waals surface area (Å²) >= 11 is 0. The van der Waals surface area contributed by atoms with Gasteiger partial charge in [-0.15, -0.1) is 0 Å². The number of aromatic amines is 1. The summed E-state index contributed by atoms with van der Waals surface area (Å²) in [5.74, 6) is 1.97. The number of hydrogen-bond acceptors (Lipinski definition) is 5. The third-order valence-electron chi connectivity index (χ3n) is 2.42. The topological polar surface area (TPSA) is 87.7 Å². The molecule has 15 heavy (non-hydrogen) atoms. The highest BCUT2D eigenvalue weighted by atomic mass is 32.2. The number of H-pyrrole nitrogens is 1. The number of aryl methyl sites for hydroxylation is 1. The van der Waals surface area contributed by atoms with Gasteiger partial charge in [0.25, 0.3) is 0 Å². The van der Waals surface area contributed by atoms with Crippen LogP contribution in [0.3, 0.4) is 0 Å². The number of sulfone groups is 1. The highest BCUT2D eigenvalue weighted by Crippen LogP contribution is 2.11. The Labute approximate surface area is 88.4 Å². The summed E-state index contributed by atoms with van der Waals surface area (Å²) in [6, 6.07) is 0.0498. The minimum atomic E-state index is -2.81. The van der Waals surface area contributed by atoms with Crippen LogP contribution in [0.5, 0.6) is 0 Å². The molecule has 1 aliphatic rings. The fraction of sp³-hybridized carbons (Fsp3) is 0.750. The molecule has 7 heteroatoms. The molecule has 1 fully saturated rings. The molecule has 84 valence electrons. The van der Waals surface area contributed by atoms with E-state index in [1.807, 2.05) is 6.92 Å². The smallest absolute Gasteiger partial charge is 0.164 e. The summed E-state index contributed by atoms with van der Waals surface area (Å²) < 4.78 is 22.4. The van der Waals surface area contributed by atoms with Crippen LogP contribution >= 0.6 is 0 Å². The van der Waals surface area contributed by atoms with E-state index in [4.69, 9.17) is 0 Å². The van der Waals surface area contributed by atoms with E-state index < -0.39 is 9.84 Å². The Kier molecular flexibility index (Phi) is 2.74. The Bertz CT molecular complexity index is 439. The highest BCUT2D eigenvalue weighted by Gasteiger charge is 2.27. The van der Waals surface area contributed by atoms with E-state index >= 15 is 0 Å². The maximum absolute atomic E-state index is 11.2. The first-order chi connectivity index (χ1) is 7.05. The molecule has 1 aromatic heterocycles. The molecule has 6 nitrogen and oxygen atoms in total. The lowest BCUT2D eigenvalue weighted by Gasteiger charge is -2.07. The van der Waals surface area contributed by atoms with Crippen LogP contribution in [0.2, 0.25) is 0 Å². The van der Waals surface area contributed by atoms with Crippen molar-refractivity contribution < 1.29 is 8.42 Å². The summed E-state index contributed by atoms with van der Waals surface area (Å²) in [6.07, 6.45) is 0.686. The van der Waals surface area contributed by atoms with Gasteiger partial charge in [0.2, 0.25) is 0 Å². The van der Waals surface area contributed by atoms with Crippen LogP contribution in [0.15, 0.2) is 0 Å². The maximum Gasteiger partial charge on any atom is 0.164 e. The Morgan fingerprint density at radius 3 is 2.93 bits per heavy atom. The van der Waals surface area contributed by atoms with Crippen molar-refractivity contribution in [2.24, 2.45) is 0 Å². The average molecular weight is 230 g/mol. The summed E-state index contributed by atoms with van der Waals surface area (Å²) in [7, 11) is -2.81. The lowest BCUT2D eigenvalue weighted by molar-refractivity contribution is 0.542. The second-order valence-corrected chi connectivity index (χ2v) is 6.05. The first-order valence-corrected chi connectivity index (χ1v) is 6.69. The van der Waals surface area contributed by atoms with Crippen LogP contribution in [-0.2, 0) is 16.4 Å². The second-order valence-electron chi connectivity index (χ2n) is 3.82. The Morgan fingerprint density at radius 2 is 2.40 bits per heavy atom. The van der Waals surface area contributed by atoms with E-state index in [0.717, 1.165) is 5.82 Å². The number of nitrogens with one attached hydrogen (secondary N) is 2. The van der Waals surface area contributed by atoms with Gasteiger partial charge in [-0.1, -0.05) is 0 Å². The molecular formula is C8H14N4O2S. The van der Waals surface area contributed by atoms with Crippen LogP contribution < -0.4 is 5.32 Å². The van der Waals surface area contributed by atoms with E-state index in [2.05, 4.69) is 20.5 Å².